The van der Waals surface area contributed by atoms with Gasteiger partial charge >= 0.3 is 5.97 Å². The van der Waals surface area contributed by atoms with E-state index in [-0.39, 0.29) is 31.5 Å². The van der Waals surface area contributed by atoms with Crippen molar-refractivity contribution in [2.45, 2.75) is 25.8 Å². The van der Waals surface area contributed by atoms with Gasteiger partial charge in [-0.2, -0.15) is 0 Å². The van der Waals surface area contributed by atoms with Crippen molar-refractivity contribution in [3.8, 4) is 0 Å². The van der Waals surface area contributed by atoms with Crippen molar-refractivity contribution >= 4 is 11.9 Å². The molecule has 1 unspecified atom stereocenters. The van der Waals surface area contributed by atoms with Crippen molar-refractivity contribution in [3.63, 3.8) is 0 Å². The quantitative estimate of drug-likeness (QED) is 0.593. The SMILES string of the molecule is C=CCN(CC(=O)O)C(=O)CC(N)CC. The monoisotopic (exact) mass is 214 g/mol. The summed E-state index contributed by atoms with van der Waals surface area (Å²) in [6.45, 7) is 5.29. The zero-order chi connectivity index (χ0) is 11.8. The molecule has 0 rings (SSSR count). The molecule has 3 N–H and O–H groups in total. The Labute approximate surface area is 89.6 Å². The molecule has 0 aromatic rings. The summed E-state index contributed by atoms with van der Waals surface area (Å²) in [6.07, 6.45) is 2.37. The lowest BCUT2D eigenvalue weighted by molar-refractivity contribution is -0.144. The van der Waals surface area contributed by atoms with Gasteiger partial charge in [0.05, 0.1) is 0 Å². The number of carboxylic acids is 1. The fourth-order valence-corrected chi connectivity index (χ4v) is 1.07. The molecule has 15 heavy (non-hydrogen) atoms. The molecule has 1 atom stereocenters. The highest BCUT2D eigenvalue weighted by Crippen LogP contribution is 2.00. The molecule has 5 heteroatoms. The number of carbonyl (C=O) groups excluding carboxylic acids is 1. The van der Waals surface area contributed by atoms with Gasteiger partial charge in [-0.3, -0.25) is 9.59 Å². The molecule has 5 nitrogen and oxygen atoms in total. The number of aliphatic carboxylic acids is 1. The minimum atomic E-state index is -1.03. The van der Waals surface area contributed by atoms with Crippen LogP contribution in [-0.2, 0) is 9.59 Å². The Morgan fingerprint density at radius 1 is 1.60 bits per heavy atom. The maximum atomic E-state index is 11.6. The van der Waals surface area contributed by atoms with Crippen LogP contribution < -0.4 is 5.73 Å². The predicted octanol–water partition coefficient (Wildman–Crippen LogP) is 0.213. The summed E-state index contributed by atoms with van der Waals surface area (Å²) in [6, 6.07) is -0.210. The van der Waals surface area contributed by atoms with Crippen LogP contribution in [0.15, 0.2) is 12.7 Å². The number of carbonyl (C=O) groups is 2. The van der Waals surface area contributed by atoms with E-state index >= 15 is 0 Å². The van der Waals surface area contributed by atoms with Crippen LogP contribution in [0, 0.1) is 0 Å². The molecular weight excluding hydrogens is 196 g/mol. The van der Waals surface area contributed by atoms with Gasteiger partial charge in [-0.15, -0.1) is 6.58 Å². The topological polar surface area (TPSA) is 83.6 Å². The summed E-state index contributed by atoms with van der Waals surface area (Å²) in [7, 11) is 0. The minimum absolute atomic E-state index is 0.178. The van der Waals surface area contributed by atoms with E-state index < -0.39 is 5.97 Å². The molecule has 0 aromatic heterocycles. The fourth-order valence-electron chi connectivity index (χ4n) is 1.07. The highest BCUT2D eigenvalue weighted by atomic mass is 16.4. The number of nitrogens with zero attached hydrogens (tertiary/aromatic N) is 1. The largest absolute Gasteiger partial charge is 0.480 e. The van der Waals surface area contributed by atoms with Gasteiger partial charge in [-0.25, -0.2) is 0 Å². The molecule has 86 valence electrons. The zero-order valence-electron chi connectivity index (χ0n) is 8.98. The van der Waals surface area contributed by atoms with E-state index in [0.29, 0.717) is 6.42 Å². The standard InChI is InChI=1S/C10H18N2O3/c1-3-5-12(7-10(14)15)9(13)6-8(11)4-2/h3,8H,1,4-7,11H2,2H3,(H,14,15). The van der Waals surface area contributed by atoms with Crippen LogP contribution in [0.1, 0.15) is 19.8 Å². The molecule has 0 bridgehead atoms. The van der Waals surface area contributed by atoms with E-state index in [1.54, 1.807) is 0 Å². The second-order valence-corrected chi connectivity index (χ2v) is 3.33. The van der Waals surface area contributed by atoms with Gasteiger partial charge in [0.2, 0.25) is 5.91 Å². The van der Waals surface area contributed by atoms with Gasteiger partial charge in [0, 0.05) is 19.0 Å². The number of rotatable bonds is 7. The van der Waals surface area contributed by atoms with Crippen molar-refractivity contribution in [1.29, 1.82) is 0 Å². The summed E-state index contributed by atoms with van der Waals surface area (Å²) in [4.78, 5) is 23.3. The number of hydrogen-bond donors (Lipinski definition) is 2. The van der Waals surface area contributed by atoms with Crippen LogP contribution in [0.2, 0.25) is 0 Å². The van der Waals surface area contributed by atoms with Gasteiger partial charge in [-0.05, 0) is 6.42 Å². The van der Waals surface area contributed by atoms with Crippen molar-refractivity contribution < 1.29 is 14.7 Å². The summed E-state index contributed by atoms with van der Waals surface area (Å²) in [5.74, 6) is -1.28. The van der Waals surface area contributed by atoms with Crippen molar-refractivity contribution in [2.75, 3.05) is 13.1 Å². The van der Waals surface area contributed by atoms with Crippen molar-refractivity contribution in [2.24, 2.45) is 5.73 Å². The molecule has 0 aliphatic heterocycles. The molecule has 0 aromatic carbocycles. The zero-order valence-corrected chi connectivity index (χ0v) is 8.98. The van der Waals surface area contributed by atoms with Gasteiger partial charge < -0.3 is 15.7 Å². The second kappa shape index (κ2) is 7.00. The Hall–Kier alpha value is -1.36. The Kier molecular flexibility index (Phi) is 6.37. The maximum absolute atomic E-state index is 11.6. The molecule has 0 fully saturated rings. The normalized spacial score (nSPS) is 11.9. The molecule has 0 aliphatic rings. The summed E-state index contributed by atoms with van der Waals surface area (Å²) >= 11 is 0. The fraction of sp³-hybridized carbons (Fsp3) is 0.600. The van der Waals surface area contributed by atoms with Gasteiger partial charge in [0.15, 0.2) is 0 Å². The minimum Gasteiger partial charge on any atom is -0.480 e. The lowest BCUT2D eigenvalue weighted by Gasteiger charge is -2.20. The van der Waals surface area contributed by atoms with E-state index in [4.69, 9.17) is 10.8 Å². The number of hydrogen-bond acceptors (Lipinski definition) is 3. The smallest absolute Gasteiger partial charge is 0.323 e. The van der Waals surface area contributed by atoms with E-state index in [2.05, 4.69) is 6.58 Å². The predicted molar refractivity (Wildman–Crippen MR) is 57.3 cm³/mol. The van der Waals surface area contributed by atoms with E-state index in [1.165, 1.54) is 11.0 Å². The Morgan fingerprint density at radius 3 is 2.60 bits per heavy atom. The number of nitrogens with two attached hydrogens (primary N) is 1. The lowest BCUT2D eigenvalue weighted by Crippen LogP contribution is -2.38. The number of amides is 1. The Bertz CT molecular complexity index is 241. The van der Waals surface area contributed by atoms with Crippen LogP contribution in [-0.4, -0.2) is 41.0 Å². The summed E-state index contributed by atoms with van der Waals surface area (Å²) in [5.41, 5.74) is 5.62. The van der Waals surface area contributed by atoms with E-state index in [0.717, 1.165) is 0 Å². The average Bonchev–Trinajstić information content (AvgIpc) is 2.16. The summed E-state index contributed by atoms with van der Waals surface area (Å²) in [5, 5.41) is 8.59. The first-order valence-corrected chi connectivity index (χ1v) is 4.87. The van der Waals surface area contributed by atoms with Gasteiger partial charge in [0.1, 0.15) is 6.54 Å². The highest BCUT2D eigenvalue weighted by molar-refractivity contribution is 5.81. The Balaban J connectivity index is 4.27. The first-order valence-electron chi connectivity index (χ1n) is 4.87. The van der Waals surface area contributed by atoms with E-state index in [9.17, 15) is 9.59 Å². The van der Waals surface area contributed by atoms with Crippen LogP contribution in [0.5, 0.6) is 0 Å². The first kappa shape index (κ1) is 13.6. The molecule has 0 aliphatic carbocycles. The van der Waals surface area contributed by atoms with Crippen molar-refractivity contribution in [1.82, 2.24) is 4.90 Å². The average molecular weight is 214 g/mol. The highest BCUT2D eigenvalue weighted by Gasteiger charge is 2.17. The molecule has 0 heterocycles. The molecule has 0 spiro atoms. The van der Waals surface area contributed by atoms with Gasteiger partial charge in [0.25, 0.3) is 0 Å². The summed E-state index contributed by atoms with van der Waals surface area (Å²) < 4.78 is 0. The van der Waals surface area contributed by atoms with E-state index in [1.807, 2.05) is 6.92 Å². The molecule has 0 saturated heterocycles. The molecule has 1 amide bonds. The lowest BCUT2D eigenvalue weighted by atomic mass is 10.1. The van der Waals surface area contributed by atoms with Crippen LogP contribution in [0.4, 0.5) is 0 Å². The van der Waals surface area contributed by atoms with Crippen LogP contribution >= 0.6 is 0 Å². The molecular formula is C10H18N2O3. The molecule has 0 saturated carbocycles. The second-order valence-electron chi connectivity index (χ2n) is 3.33. The van der Waals surface area contributed by atoms with Crippen molar-refractivity contribution in [3.05, 3.63) is 12.7 Å². The maximum Gasteiger partial charge on any atom is 0.323 e. The van der Waals surface area contributed by atoms with Crippen LogP contribution in [0.3, 0.4) is 0 Å². The third-order valence-corrected chi connectivity index (χ3v) is 1.99. The van der Waals surface area contributed by atoms with Gasteiger partial charge in [-0.1, -0.05) is 13.0 Å². The number of carboxylic acid groups (broad SMARTS) is 1. The third kappa shape index (κ3) is 5.85. The third-order valence-electron chi connectivity index (χ3n) is 1.99. The first-order chi connectivity index (χ1) is 7.01. The Morgan fingerprint density at radius 2 is 2.20 bits per heavy atom. The van der Waals surface area contributed by atoms with Crippen LogP contribution in [0.25, 0.3) is 0 Å². The molecule has 0 radical (unpaired) electrons.